The Labute approximate surface area is 103 Å². The molecular formula is C13H8ClFN2. The number of benzene rings is 2. The fourth-order valence-electron chi connectivity index (χ4n) is 1.39. The van der Waals surface area contributed by atoms with E-state index in [2.05, 4.69) is 5.32 Å². The van der Waals surface area contributed by atoms with Gasteiger partial charge in [0.15, 0.2) is 0 Å². The van der Waals surface area contributed by atoms with Crippen molar-refractivity contribution in [1.82, 2.24) is 0 Å². The third-order valence-corrected chi connectivity index (χ3v) is 2.55. The monoisotopic (exact) mass is 246 g/mol. The maximum Gasteiger partial charge on any atom is 0.146 e. The topological polar surface area (TPSA) is 35.8 Å². The molecule has 0 unspecified atom stereocenters. The van der Waals surface area contributed by atoms with Crippen LogP contribution in [0.5, 0.6) is 0 Å². The fourth-order valence-corrected chi connectivity index (χ4v) is 1.62. The highest BCUT2D eigenvalue weighted by atomic mass is 35.5. The van der Waals surface area contributed by atoms with E-state index in [0.717, 1.165) is 0 Å². The molecule has 0 bridgehead atoms. The first-order valence-corrected chi connectivity index (χ1v) is 5.29. The quantitative estimate of drug-likeness (QED) is 0.866. The van der Waals surface area contributed by atoms with Crippen LogP contribution in [0.1, 0.15) is 5.56 Å². The van der Waals surface area contributed by atoms with E-state index < -0.39 is 0 Å². The summed E-state index contributed by atoms with van der Waals surface area (Å²) in [6, 6.07) is 13.1. The van der Waals surface area contributed by atoms with Crippen LogP contribution in [-0.4, -0.2) is 0 Å². The second-order valence-corrected chi connectivity index (χ2v) is 3.82. The SMILES string of the molecule is N#Cc1ccc(Nc2ccccc2F)c(Cl)c1. The Kier molecular flexibility index (Phi) is 3.27. The number of hydrogen-bond acceptors (Lipinski definition) is 2. The molecule has 0 amide bonds. The molecule has 4 heteroatoms. The van der Waals surface area contributed by atoms with E-state index in [4.69, 9.17) is 16.9 Å². The third kappa shape index (κ3) is 2.55. The zero-order valence-electron chi connectivity index (χ0n) is 8.74. The first kappa shape index (κ1) is 11.4. The molecule has 1 N–H and O–H groups in total. The van der Waals surface area contributed by atoms with Crippen LogP contribution >= 0.6 is 11.6 Å². The van der Waals surface area contributed by atoms with Gasteiger partial charge in [-0.2, -0.15) is 5.26 Å². The van der Waals surface area contributed by atoms with Crippen molar-refractivity contribution in [3.63, 3.8) is 0 Å². The predicted molar refractivity (Wildman–Crippen MR) is 65.8 cm³/mol. The van der Waals surface area contributed by atoms with Gasteiger partial charge in [0.2, 0.25) is 0 Å². The summed E-state index contributed by atoms with van der Waals surface area (Å²) in [6.45, 7) is 0. The van der Waals surface area contributed by atoms with Crippen LogP contribution < -0.4 is 5.32 Å². The summed E-state index contributed by atoms with van der Waals surface area (Å²) in [5.74, 6) is -0.354. The molecule has 17 heavy (non-hydrogen) atoms. The normalized spacial score (nSPS) is 9.71. The number of halogens is 2. The van der Waals surface area contributed by atoms with Gasteiger partial charge in [0.05, 0.1) is 28.0 Å². The zero-order chi connectivity index (χ0) is 12.3. The molecule has 0 aliphatic heterocycles. The lowest BCUT2D eigenvalue weighted by Gasteiger charge is -2.09. The lowest BCUT2D eigenvalue weighted by atomic mass is 10.2. The van der Waals surface area contributed by atoms with Crippen molar-refractivity contribution in [3.05, 3.63) is 58.9 Å². The molecule has 2 nitrogen and oxygen atoms in total. The molecule has 0 radical (unpaired) electrons. The van der Waals surface area contributed by atoms with Crippen molar-refractivity contribution in [1.29, 1.82) is 5.26 Å². The Bertz CT molecular complexity index is 590. The van der Waals surface area contributed by atoms with Crippen LogP contribution in [0.2, 0.25) is 5.02 Å². The van der Waals surface area contributed by atoms with E-state index in [0.29, 0.717) is 22.0 Å². The summed E-state index contributed by atoms with van der Waals surface area (Å²) in [5.41, 5.74) is 1.38. The lowest BCUT2D eigenvalue weighted by Crippen LogP contribution is -1.94. The highest BCUT2D eigenvalue weighted by molar-refractivity contribution is 6.33. The zero-order valence-corrected chi connectivity index (χ0v) is 9.50. The minimum absolute atomic E-state index is 0.346. The van der Waals surface area contributed by atoms with E-state index in [-0.39, 0.29) is 5.82 Å². The van der Waals surface area contributed by atoms with Gasteiger partial charge in [0.1, 0.15) is 5.82 Å². The molecule has 84 valence electrons. The number of rotatable bonds is 2. The summed E-state index contributed by atoms with van der Waals surface area (Å²) >= 11 is 5.97. The van der Waals surface area contributed by atoms with Crippen molar-refractivity contribution < 1.29 is 4.39 Å². The molecule has 2 aromatic carbocycles. The Morgan fingerprint density at radius 2 is 1.88 bits per heavy atom. The number of nitriles is 1. The molecule has 0 spiro atoms. The van der Waals surface area contributed by atoms with E-state index in [1.807, 2.05) is 6.07 Å². The van der Waals surface area contributed by atoms with Gasteiger partial charge in [0.25, 0.3) is 0 Å². The number of anilines is 2. The average Bonchev–Trinajstić information content (AvgIpc) is 2.34. The molecule has 0 aliphatic rings. The molecule has 2 rings (SSSR count). The Hall–Kier alpha value is -2.05. The van der Waals surface area contributed by atoms with Gasteiger partial charge >= 0.3 is 0 Å². The molecule has 0 saturated heterocycles. The van der Waals surface area contributed by atoms with Gasteiger partial charge in [-0.05, 0) is 30.3 Å². The van der Waals surface area contributed by atoms with Crippen molar-refractivity contribution in [2.75, 3.05) is 5.32 Å². The van der Waals surface area contributed by atoms with Crippen LogP contribution in [0.25, 0.3) is 0 Å². The van der Waals surface area contributed by atoms with Gasteiger partial charge in [-0.1, -0.05) is 23.7 Å². The minimum Gasteiger partial charge on any atom is -0.352 e. The minimum atomic E-state index is -0.354. The van der Waals surface area contributed by atoms with Gasteiger partial charge in [-0.3, -0.25) is 0 Å². The van der Waals surface area contributed by atoms with Crippen LogP contribution in [-0.2, 0) is 0 Å². The summed E-state index contributed by atoms with van der Waals surface area (Å²) in [5, 5.41) is 12.0. The van der Waals surface area contributed by atoms with Gasteiger partial charge in [-0.15, -0.1) is 0 Å². The van der Waals surface area contributed by atoms with Crippen molar-refractivity contribution in [2.24, 2.45) is 0 Å². The van der Waals surface area contributed by atoms with E-state index in [1.54, 1.807) is 30.3 Å². The number of nitrogens with one attached hydrogen (secondary N) is 1. The van der Waals surface area contributed by atoms with E-state index >= 15 is 0 Å². The standard InChI is InChI=1S/C13H8ClFN2/c14-10-7-9(8-16)5-6-12(10)17-13-4-2-1-3-11(13)15/h1-7,17H. The molecular weight excluding hydrogens is 239 g/mol. The summed E-state index contributed by atoms with van der Waals surface area (Å²) in [6.07, 6.45) is 0. The molecule has 0 aromatic heterocycles. The Morgan fingerprint density at radius 3 is 2.53 bits per heavy atom. The summed E-state index contributed by atoms with van der Waals surface area (Å²) in [7, 11) is 0. The van der Waals surface area contributed by atoms with Gasteiger partial charge < -0.3 is 5.32 Å². The van der Waals surface area contributed by atoms with Gasteiger partial charge in [0, 0.05) is 0 Å². The second-order valence-electron chi connectivity index (χ2n) is 3.41. The molecule has 0 fully saturated rings. The molecule has 0 saturated carbocycles. The van der Waals surface area contributed by atoms with Crippen molar-refractivity contribution >= 4 is 23.0 Å². The largest absolute Gasteiger partial charge is 0.352 e. The second kappa shape index (κ2) is 4.86. The van der Waals surface area contributed by atoms with Crippen LogP contribution in [0.4, 0.5) is 15.8 Å². The fraction of sp³-hybridized carbons (Fsp3) is 0. The Morgan fingerprint density at radius 1 is 1.12 bits per heavy atom. The molecule has 0 aliphatic carbocycles. The molecule has 2 aromatic rings. The van der Waals surface area contributed by atoms with Crippen molar-refractivity contribution in [3.8, 4) is 6.07 Å². The van der Waals surface area contributed by atoms with Crippen LogP contribution in [0, 0.1) is 17.1 Å². The molecule has 0 heterocycles. The first-order valence-electron chi connectivity index (χ1n) is 4.92. The maximum absolute atomic E-state index is 13.4. The third-order valence-electron chi connectivity index (χ3n) is 2.24. The summed E-state index contributed by atoms with van der Waals surface area (Å²) < 4.78 is 13.4. The highest BCUT2D eigenvalue weighted by Gasteiger charge is 2.05. The van der Waals surface area contributed by atoms with Crippen LogP contribution in [0.15, 0.2) is 42.5 Å². The Balaban J connectivity index is 2.32. The highest BCUT2D eigenvalue weighted by Crippen LogP contribution is 2.27. The molecule has 0 atom stereocenters. The van der Waals surface area contributed by atoms with Crippen molar-refractivity contribution in [2.45, 2.75) is 0 Å². The number of para-hydroxylation sites is 1. The van der Waals surface area contributed by atoms with E-state index in [1.165, 1.54) is 12.1 Å². The lowest BCUT2D eigenvalue weighted by molar-refractivity contribution is 0.632. The average molecular weight is 247 g/mol. The van der Waals surface area contributed by atoms with Crippen LogP contribution in [0.3, 0.4) is 0 Å². The smallest absolute Gasteiger partial charge is 0.146 e. The maximum atomic E-state index is 13.4. The number of nitrogens with zero attached hydrogens (tertiary/aromatic N) is 1. The van der Waals surface area contributed by atoms with E-state index in [9.17, 15) is 4.39 Å². The van der Waals surface area contributed by atoms with Gasteiger partial charge in [-0.25, -0.2) is 4.39 Å². The number of hydrogen-bond donors (Lipinski definition) is 1. The first-order chi connectivity index (χ1) is 8.20. The predicted octanol–water partition coefficient (Wildman–Crippen LogP) is 4.09. The summed E-state index contributed by atoms with van der Waals surface area (Å²) in [4.78, 5) is 0.